The van der Waals surface area contributed by atoms with Crippen molar-refractivity contribution in [3.05, 3.63) is 53.1 Å². The van der Waals surface area contributed by atoms with Crippen molar-refractivity contribution in [2.75, 3.05) is 36.4 Å². The number of rotatable bonds is 5. The van der Waals surface area contributed by atoms with Gasteiger partial charge in [-0.05, 0) is 42.7 Å². The van der Waals surface area contributed by atoms with E-state index in [0.717, 1.165) is 24.2 Å². The van der Waals surface area contributed by atoms with Gasteiger partial charge < -0.3 is 15.1 Å². The van der Waals surface area contributed by atoms with Crippen molar-refractivity contribution < 1.29 is 9.59 Å². The highest BCUT2D eigenvalue weighted by atomic mass is 35.5. The van der Waals surface area contributed by atoms with Crippen molar-refractivity contribution in [3.63, 3.8) is 0 Å². The fraction of sp³-hybridized carbons (Fsp3) is 0.364. The molecule has 1 aliphatic heterocycles. The van der Waals surface area contributed by atoms with Crippen LogP contribution < -0.4 is 15.5 Å². The maximum Gasteiger partial charge on any atom is 0.317 e. The van der Waals surface area contributed by atoms with Crippen LogP contribution in [0.2, 0.25) is 5.02 Å². The highest BCUT2D eigenvalue weighted by Crippen LogP contribution is 2.30. The number of pyridine rings is 1. The zero-order valence-corrected chi connectivity index (χ0v) is 18.3. The summed E-state index contributed by atoms with van der Waals surface area (Å²) >= 11 is 5.91. The molecule has 166 valence electrons. The Morgan fingerprint density at radius 2 is 1.78 bits per heavy atom. The zero-order chi connectivity index (χ0) is 22.1. The summed E-state index contributed by atoms with van der Waals surface area (Å²) in [6, 6.07) is 13.1. The van der Waals surface area contributed by atoms with Gasteiger partial charge in [0.15, 0.2) is 5.65 Å². The number of piperazine rings is 1. The van der Waals surface area contributed by atoms with Crippen LogP contribution in [0.3, 0.4) is 0 Å². The minimum Gasteiger partial charge on any atom is -0.353 e. The van der Waals surface area contributed by atoms with Crippen molar-refractivity contribution in [2.24, 2.45) is 5.92 Å². The molecule has 5 rings (SSSR count). The number of hydrogen-bond donors (Lipinski definition) is 2. The molecule has 0 radical (unpaired) electrons. The lowest BCUT2D eigenvalue weighted by Gasteiger charge is -2.35. The van der Waals surface area contributed by atoms with E-state index in [2.05, 4.69) is 25.6 Å². The Morgan fingerprint density at radius 3 is 2.50 bits per heavy atom. The van der Waals surface area contributed by atoms with Crippen LogP contribution in [-0.4, -0.2) is 57.6 Å². The molecule has 3 amide bonds. The summed E-state index contributed by atoms with van der Waals surface area (Å²) < 4.78 is 1.75. The van der Waals surface area contributed by atoms with E-state index in [0.29, 0.717) is 49.3 Å². The van der Waals surface area contributed by atoms with E-state index in [1.54, 1.807) is 4.52 Å². The molecule has 2 aromatic heterocycles. The lowest BCUT2D eigenvalue weighted by atomic mass is 10.2. The first-order chi connectivity index (χ1) is 15.6. The molecule has 2 aliphatic rings. The van der Waals surface area contributed by atoms with Crippen LogP contribution in [0, 0.1) is 5.92 Å². The molecular formula is C22H24ClN7O2. The van der Waals surface area contributed by atoms with Gasteiger partial charge in [0.1, 0.15) is 5.82 Å². The van der Waals surface area contributed by atoms with Crippen LogP contribution in [-0.2, 0) is 11.3 Å². The molecular weight excluding hydrogens is 430 g/mol. The Kier molecular flexibility index (Phi) is 5.57. The highest BCUT2D eigenvalue weighted by Gasteiger charge is 2.30. The number of carbonyl (C=O) groups is 2. The number of hydrogen-bond acceptors (Lipinski definition) is 5. The van der Waals surface area contributed by atoms with E-state index in [-0.39, 0.29) is 17.9 Å². The summed E-state index contributed by atoms with van der Waals surface area (Å²) in [7, 11) is 0. The average Bonchev–Trinajstić information content (AvgIpc) is 3.58. The lowest BCUT2D eigenvalue weighted by Crippen LogP contribution is -2.52. The number of amides is 3. The van der Waals surface area contributed by atoms with Crippen molar-refractivity contribution in [2.45, 2.75) is 19.4 Å². The first kappa shape index (κ1) is 20.6. The Labute approximate surface area is 190 Å². The van der Waals surface area contributed by atoms with E-state index in [9.17, 15) is 9.59 Å². The third-order valence-electron chi connectivity index (χ3n) is 5.77. The molecule has 1 saturated carbocycles. The molecule has 32 heavy (non-hydrogen) atoms. The minimum atomic E-state index is -0.0800. The molecule has 1 aromatic carbocycles. The third-order valence-corrected chi connectivity index (χ3v) is 6.02. The van der Waals surface area contributed by atoms with Gasteiger partial charge in [0.25, 0.3) is 0 Å². The highest BCUT2D eigenvalue weighted by molar-refractivity contribution is 6.30. The molecule has 2 fully saturated rings. The summed E-state index contributed by atoms with van der Waals surface area (Å²) in [6.07, 6.45) is 1.87. The van der Waals surface area contributed by atoms with Gasteiger partial charge >= 0.3 is 6.03 Å². The smallest absolute Gasteiger partial charge is 0.317 e. The van der Waals surface area contributed by atoms with Gasteiger partial charge in [-0.15, -0.1) is 5.10 Å². The van der Waals surface area contributed by atoms with E-state index < -0.39 is 0 Å². The molecule has 0 spiro atoms. The van der Waals surface area contributed by atoms with Gasteiger partial charge in [0.2, 0.25) is 11.9 Å². The van der Waals surface area contributed by atoms with Crippen molar-refractivity contribution in [1.82, 2.24) is 24.8 Å². The second kappa shape index (κ2) is 8.66. The molecule has 1 saturated heterocycles. The van der Waals surface area contributed by atoms with Crippen LogP contribution in [0.1, 0.15) is 18.4 Å². The fourth-order valence-corrected chi connectivity index (χ4v) is 3.90. The number of anilines is 2. The van der Waals surface area contributed by atoms with Crippen LogP contribution >= 0.6 is 11.6 Å². The predicted octanol–water partition coefficient (Wildman–Crippen LogP) is 2.76. The standard InChI is InChI=1S/C22H24ClN7O2/c23-17-8-4-15(5-9-17)14-24-22(32)29-12-10-28(11-13-29)19-3-1-2-18-25-21(27-30(18)19)26-20(31)16-6-7-16/h1-5,8-9,16H,6-7,10-14H2,(H,24,32)(H,26,27,31). The molecule has 0 bridgehead atoms. The number of halogens is 1. The monoisotopic (exact) mass is 453 g/mol. The second-order valence-corrected chi connectivity index (χ2v) is 8.55. The van der Waals surface area contributed by atoms with Crippen molar-refractivity contribution >= 4 is 41.0 Å². The molecule has 2 N–H and O–H groups in total. The van der Waals surface area contributed by atoms with E-state index in [1.165, 1.54) is 0 Å². The number of aromatic nitrogens is 3. The topological polar surface area (TPSA) is 94.9 Å². The Balaban J connectivity index is 1.20. The van der Waals surface area contributed by atoms with Crippen LogP contribution in [0.5, 0.6) is 0 Å². The zero-order valence-electron chi connectivity index (χ0n) is 17.5. The first-order valence-electron chi connectivity index (χ1n) is 10.8. The minimum absolute atomic E-state index is 0.0133. The summed E-state index contributed by atoms with van der Waals surface area (Å²) in [6.45, 7) is 3.02. The Hall–Kier alpha value is -3.33. The maximum atomic E-state index is 12.6. The van der Waals surface area contributed by atoms with Gasteiger partial charge in [-0.3, -0.25) is 10.1 Å². The van der Waals surface area contributed by atoms with E-state index in [4.69, 9.17) is 11.6 Å². The molecule has 3 heterocycles. The largest absolute Gasteiger partial charge is 0.353 e. The summed E-state index contributed by atoms with van der Waals surface area (Å²) in [5.74, 6) is 1.30. The normalized spacial score (nSPS) is 16.3. The number of nitrogens with one attached hydrogen (secondary N) is 2. The van der Waals surface area contributed by atoms with Crippen molar-refractivity contribution in [3.8, 4) is 0 Å². The second-order valence-electron chi connectivity index (χ2n) is 8.11. The average molecular weight is 454 g/mol. The van der Waals surface area contributed by atoms with Crippen molar-refractivity contribution in [1.29, 1.82) is 0 Å². The number of nitrogens with zero attached hydrogens (tertiary/aromatic N) is 5. The molecule has 9 nitrogen and oxygen atoms in total. The van der Waals surface area contributed by atoms with E-state index in [1.807, 2.05) is 47.4 Å². The Morgan fingerprint density at radius 1 is 1.03 bits per heavy atom. The summed E-state index contributed by atoms with van der Waals surface area (Å²) in [4.78, 5) is 33.0. The van der Waals surface area contributed by atoms with Gasteiger partial charge in [-0.2, -0.15) is 9.50 Å². The lowest BCUT2D eigenvalue weighted by molar-refractivity contribution is -0.117. The van der Waals surface area contributed by atoms with Gasteiger partial charge in [0.05, 0.1) is 0 Å². The summed E-state index contributed by atoms with van der Waals surface area (Å²) in [5, 5.41) is 10.9. The fourth-order valence-electron chi connectivity index (χ4n) is 3.77. The molecule has 10 heteroatoms. The van der Waals surface area contributed by atoms with Gasteiger partial charge in [-0.25, -0.2) is 4.79 Å². The quantitative estimate of drug-likeness (QED) is 0.619. The van der Waals surface area contributed by atoms with Crippen LogP contribution in [0.15, 0.2) is 42.5 Å². The summed E-state index contributed by atoms with van der Waals surface area (Å²) in [5.41, 5.74) is 1.68. The Bertz CT molecular complexity index is 1130. The number of fused-ring (bicyclic) bond motifs is 1. The SMILES string of the molecule is O=C(Nc1nc2cccc(N3CCN(C(=O)NCc4ccc(Cl)cc4)CC3)n2n1)C1CC1. The van der Waals surface area contributed by atoms with E-state index >= 15 is 0 Å². The predicted molar refractivity (Wildman–Crippen MR) is 122 cm³/mol. The number of benzene rings is 1. The van der Waals surface area contributed by atoms with Crippen LogP contribution in [0.25, 0.3) is 5.65 Å². The molecule has 0 atom stereocenters. The third kappa shape index (κ3) is 4.47. The number of carbonyl (C=O) groups excluding carboxylic acids is 2. The molecule has 3 aromatic rings. The molecule has 1 aliphatic carbocycles. The first-order valence-corrected chi connectivity index (χ1v) is 11.1. The number of urea groups is 1. The van der Waals surface area contributed by atoms with Crippen LogP contribution in [0.4, 0.5) is 16.6 Å². The van der Waals surface area contributed by atoms with Gasteiger partial charge in [0, 0.05) is 43.7 Å². The molecule has 0 unspecified atom stereocenters. The maximum absolute atomic E-state index is 12.6. The van der Waals surface area contributed by atoms with Gasteiger partial charge in [-0.1, -0.05) is 29.8 Å².